The number of rotatable bonds is 10. The van der Waals surface area contributed by atoms with E-state index in [4.69, 9.17) is 5.73 Å². The van der Waals surface area contributed by atoms with E-state index in [1.807, 2.05) is 36.4 Å². The molecule has 2 unspecified atom stereocenters. The first-order valence-corrected chi connectivity index (χ1v) is 13.2. The standard InChI is InChI=1S/C31H34N4O3/c32-17-7-6-12-27(31(37)38)34-30(36)29-18-25-24-10-4-5-11-26(24)33-28(25)20-35(29)19-21-13-15-23(16-14-21)22-8-2-1-3-9-22/h1-5,8-11,13-16,27,29,33H,6-7,12,17-20,32H2,(H,34,36)(H,37,38). The van der Waals surface area contributed by atoms with E-state index in [1.54, 1.807) is 0 Å². The Morgan fingerprint density at radius 1 is 0.974 bits per heavy atom. The van der Waals surface area contributed by atoms with Crippen LogP contribution in [0, 0.1) is 0 Å². The number of aromatic amines is 1. The number of nitrogens with one attached hydrogen (secondary N) is 2. The molecule has 196 valence electrons. The van der Waals surface area contributed by atoms with E-state index >= 15 is 0 Å². The molecule has 1 aromatic heterocycles. The number of carboxylic acid groups (broad SMARTS) is 1. The lowest BCUT2D eigenvalue weighted by Crippen LogP contribution is -2.53. The Morgan fingerprint density at radius 3 is 2.42 bits per heavy atom. The smallest absolute Gasteiger partial charge is 0.326 e. The molecule has 38 heavy (non-hydrogen) atoms. The number of carbonyl (C=O) groups is 2. The highest BCUT2D eigenvalue weighted by molar-refractivity contribution is 5.90. The van der Waals surface area contributed by atoms with Gasteiger partial charge in [0.25, 0.3) is 0 Å². The zero-order valence-corrected chi connectivity index (χ0v) is 21.4. The molecule has 2 heterocycles. The second kappa shape index (κ2) is 11.6. The molecule has 5 N–H and O–H groups in total. The maximum Gasteiger partial charge on any atom is 0.326 e. The predicted molar refractivity (Wildman–Crippen MR) is 149 cm³/mol. The van der Waals surface area contributed by atoms with Gasteiger partial charge in [0.15, 0.2) is 0 Å². The van der Waals surface area contributed by atoms with Crippen LogP contribution in [0.5, 0.6) is 0 Å². The quantitative estimate of drug-likeness (QED) is 0.235. The zero-order valence-electron chi connectivity index (χ0n) is 21.4. The number of carbonyl (C=O) groups excluding carboxylic acids is 1. The summed E-state index contributed by atoms with van der Waals surface area (Å²) in [5.74, 6) is -1.26. The molecule has 0 spiro atoms. The van der Waals surface area contributed by atoms with E-state index in [-0.39, 0.29) is 5.91 Å². The maximum atomic E-state index is 13.6. The summed E-state index contributed by atoms with van der Waals surface area (Å²) in [5.41, 5.74) is 12.3. The third kappa shape index (κ3) is 5.64. The van der Waals surface area contributed by atoms with E-state index in [1.165, 1.54) is 0 Å². The summed E-state index contributed by atoms with van der Waals surface area (Å²) >= 11 is 0. The molecule has 0 bridgehead atoms. The van der Waals surface area contributed by atoms with Crippen molar-refractivity contribution in [3.63, 3.8) is 0 Å². The number of nitrogens with zero attached hydrogens (tertiary/aromatic N) is 1. The molecule has 0 fully saturated rings. The average molecular weight is 511 g/mol. The first kappa shape index (κ1) is 25.7. The second-order valence-corrected chi connectivity index (χ2v) is 10.00. The Morgan fingerprint density at radius 2 is 1.68 bits per heavy atom. The number of hydrogen-bond donors (Lipinski definition) is 4. The monoisotopic (exact) mass is 510 g/mol. The first-order valence-electron chi connectivity index (χ1n) is 13.2. The first-order chi connectivity index (χ1) is 18.5. The van der Waals surface area contributed by atoms with Crippen molar-refractivity contribution in [3.05, 3.63) is 95.7 Å². The Labute approximate surface area is 222 Å². The van der Waals surface area contributed by atoms with Gasteiger partial charge in [-0.3, -0.25) is 9.69 Å². The van der Waals surface area contributed by atoms with Crippen molar-refractivity contribution in [2.75, 3.05) is 6.54 Å². The summed E-state index contributed by atoms with van der Waals surface area (Å²) in [7, 11) is 0. The highest BCUT2D eigenvalue weighted by atomic mass is 16.4. The van der Waals surface area contributed by atoms with Crippen LogP contribution in [-0.2, 0) is 29.1 Å². The van der Waals surface area contributed by atoms with Crippen LogP contribution in [0.1, 0.15) is 36.1 Å². The molecule has 0 radical (unpaired) electrons. The average Bonchev–Trinajstić information content (AvgIpc) is 3.30. The van der Waals surface area contributed by atoms with Crippen LogP contribution in [0.4, 0.5) is 0 Å². The number of H-pyrrole nitrogens is 1. The Balaban J connectivity index is 1.40. The molecule has 1 amide bonds. The minimum atomic E-state index is -1.01. The van der Waals surface area contributed by atoms with Crippen molar-refractivity contribution in [1.29, 1.82) is 0 Å². The summed E-state index contributed by atoms with van der Waals surface area (Å²) in [6.07, 6.45) is 2.27. The van der Waals surface area contributed by atoms with E-state index in [0.29, 0.717) is 38.9 Å². The number of aromatic nitrogens is 1. The van der Waals surface area contributed by atoms with Crippen LogP contribution < -0.4 is 11.1 Å². The van der Waals surface area contributed by atoms with Gasteiger partial charge < -0.3 is 21.1 Å². The minimum Gasteiger partial charge on any atom is -0.480 e. The lowest BCUT2D eigenvalue weighted by atomic mass is 9.94. The van der Waals surface area contributed by atoms with Gasteiger partial charge in [0.2, 0.25) is 5.91 Å². The number of para-hydroxylation sites is 1. The third-order valence-corrected chi connectivity index (χ3v) is 7.41. The van der Waals surface area contributed by atoms with Crippen LogP contribution in [0.25, 0.3) is 22.0 Å². The summed E-state index contributed by atoms with van der Waals surface area (Å²) in [6.45, 7) is 1.66. The van der Waals surface area contributed by atoms with Crippen LogP contribution in [0.2, 0.25) is 0 Å². The third-order valence-electron chi connectivity index (χ3n) is 7.41. The van der Waals surface area contributed by atoms with Crippen LogP contribution in [-0.4, -0.2) is 45.5 Å². The summed E-state index contributed by atoms with van der Waals surface area (Å²) in [5, 5.41) is 13.7. The second-order valence-electron chi connectivity index (χ2n) is 10.00. The van der Waals surface area contributed by atoms with Gasteiger partial charge in [-0.25, -0.2) is 4.79 Å². The van der Waals surface area contributed by atoms with E-state index in [2.05, 4.69) is 57.7 Å². The van der Waals surface area contributed by atoms with Crippen molar-refractivity contribution in [2.24, 2.45) is 5.73 Å². The van der Waals surface area contributed by atoms with Crippen LogP contribution in [0.15, 0.2) is 78.9 Å². The number of fused-ring (bicyclic) bond motifs is 3. The number of aliphatic carboxylic acids is 1. The van der Waals surface area contributed by atoms with Gasteiger partial charge in [0, 0.05) is 29.7 Å². The molecule has 1 aliphatic rings. The highest BCUT2D eigenvalue weighted by Gasteiger charge is 2.35. The topological polar surface area (TPSA) is 111 Å². The van der Waals surface area contributed by atoms with Crippen molar-refractivity contribution < 1.29 is 14.7 Å². The molecule has 4 aromatic rings. The summed E-state index contributed by atoms with van der Waals surface area (Å²) < 4.78 is 0. The Bertz CT molecular complexity index is 1400. The Kier molecular flexibility index (Phi) is 7.86. The molecule has 3 aromatic carbocycles. The number of nitrogens with two attached hydrogens (primary N) is 1. The fourth-order valence-corrected chi connectivity index (χ4v) is 5.37. The minimum absolute atomic E-state index is 0.248. The van der Waals surface area contributed by atoms with Crippen LogP contribution in [0.3, 0.4) is 0 Å². The molecule has 5 rings (SSSR count). The molecule has 1 aliphatic heterocycles. The van der Waals surface area contributed by atoms with Gasteiger partial charge in [-0.1, -0.05) is 72.8 Å². The summed E-state index contributed by atoms with van der Waals surface area (Å²) in [6, 6.07) is 25.4. The van der Waals surface area contributed by atoms with E-state index in [0.717, 1.165) is 45.3 Å². The van der Waals surface area contributed by atoms with Crippen molar-refractivity contribution >= 4 is 22.8 Å². The SMILES string of the molecule is NCCCCC(NC(=O)C1Cc2c([nH]c3ccccc23)CN1Cc1ccc(-c2ccccc2)cc1)C(=O)O. The highest BCUT2D eigenvalue weighted by Crippen LogP contribution is 2.31. The van der Waals surface area contributed by atoms with E-state index < -0.39 is 18.1 Å². The largest absolute Gasteiger partial charge is 0.480 e. The molecule has 2 atom stereocenters. The fourth-order valence-electron chi connectivity index (χ4n) is 5.37. The molecular formula is C31H34N4O3. The fraction of sp³-hybridized carbons (Fsp3) is 0.290. The zero-order chi connectivity index (χ0) is 26.5. The van der Waals surface area contributed by atoms with Gasteiger partial charge >= 0.3 is 5.97 Å². The van der Waals surface area contributed by atoms with Gasteiger partial charge in [-0.05, 0) is 60.5 Å². The maximum absolute atomic E-state index is 13.6. The number of hydrogen-bond acceptors (Lipinski definition) is 4. The van der Waals surface area contributed by atoms with Gasteiger partial charge in [0.05, 0.1) is 6.04 Å². The molecular weight excluding hydrogens is 476 g/mol. The number of carboxylic acids is 1. The number of unbranched alkanes of at least 4 members (excludes halogenated alkanes) is 1. The molecule has 0 saturated heterocycles. The van der Waals surface area contributed by atoms with E-state index in [9.17, 15) is 14.7 Å². The van der Waals surface area contributed by atoms with Crippen molar-refractivity contribution in [2.45, 2.75) is 50.9 Å². The molecule has 7 nitrogen and oxygen atoms in total. The van der Waals surface area contributed by atoms with Crippen molar-refractivity contribution in [1.82, 2.24) is 15.2 Å². The normalized spacial score (nSPS) is 16.2. The lowest BCUT2D eigenvalue weighted by molar-refractivity contribution is -0.143. The molecule has 7 heteroatoms. The van der Waals surface area contributed by atoms with Crippen molar-refractivity contribution in [3.8, 4) is 11.1 Å². The lowest BCUT2D eigenvalue weighted by Gasteiger charge is -2.35. The molecule has 0 aliphatic carbocycles. The Hall–Kier alpha value is -3.94. The molecule has 0 saturated carbocycles. The number of amides is 1. The summed E-state index contributed by atoms with van der Waals surface area (Å²) in [4.78, 5) is 31.2. The van der Waals surface area contributed by atoms with Crippen LogP contribution >= 0.6 is 0 Å². The number of benzene rings is 3. The van der Waals surface area contributed by atoms with Gasteiger partial charge in [-0.2, -0.15) is 0 Å². The van der Waals surface area contributed by atoms with Gasteiger partial charge in [0.1, 0.15) is 6.04 Å². The predicted octanol–water partition coefficient (Wildman–Crippen LogP) is 4.46. The van der Waals surface area contributed by atoms with Gasteiger partial charge in [-0.15, -0.1) is 0 Å².